The Morgan fingerprint density at radius 1 is 1.69 bits per heavy atom. The van der Waals surface area contributed by atoms with Crippen molar-refractivity contribution in [3.8, 4) is 0 Å². The summed E-state index contributed by atoms with van der Waals surface area (Å²) in [6, 6.07) is 1.67. The standard InChI is InChI=1S/C8H8BrNO3/c9-6-1-2-13-7(6)8(12)10-3-5(11)4-10/h1-2,5,11H,3-4H2. The Morgan fingerprint density at radius 3 is 2.85 bits per heavy atom. The van der Waals surface area contributed by atoms with Crippen molar-refractivity contribution in [2.75, 3.05) is 13.1 Å². The van der Waals surface area contributed by atoms with Crippen LogP contribution in [0.4, 0.5) is 0 Å². The zero-order valence-corrected chi connectivity index (χ0v) is 8.32. The SMILES string of the molecule is O=C(c1occc1Br)N1CC(O)C1. The Kier molecular flexibility index (Phi) is 2.13. The van der Waals surface area contributed by atoms with E-state index in [1.807, 2.05) is 0 Å². The molecule has 4 nitrogen and oxygen atoms in total. The molecule has 0 radical (unpaired) electrons. The number of likely N-dealkylation sites (tertiary alicyclic amines) is 1. The number of hydrogen-bond acceptors (Lipinski definition) is 3. The van der Waals surface area contributed by atoms with Gasteiger partial charge in [-0.1, -0.05) is 0 Å². The molecular weight excluding hydrogens is 238 g/mol. The Bertz CT molecular complexity index is 330. The summed E-state index contributed by atoms with van der Waals surface area (Å²) in [5.74, 6) is 0.120. The topological polar surface area (TPSA) is 53.7 Å². The van der Waals surface area contributed by atoms with Crippen LogP contribution in [-0.2, 0) is 0 Å². The summed E-state index contributed by atoms with van der Waals surface area (Å²) < 4.78 is 5.65. The van der Waals surface area contributed by atoms with Gasteiger partial charge in [0.25, 0.3) is 5.91 Å². The highest BCUT2D eigenvalue weighted by Gasteiger charge is 2.31. The average molecular weight is 246 g/mol. The van der Waals surface area contributed by atoms with Crippen LogP contribution in [0.3, 0.4) is 0 Å². The van der Waals surface area contributed by atoms with Crippen LogP contribution in [0.5, 0.6) is 0 Å². The number of furan rings is 1. The lowest BCUT2D eigenvalue weighted by molar-refractivity contribution is 0.00384. The fourth-order valence-corrected chi connectivity index (χ4v) is 1.58. The number of carbonyl (C=O) groups excluding carboxylic acids is 1. The molecule has 0 unspecified atom stereocenters. The van der Waals surface area contributed by atoms with Crippen LogP contribution in [0, 0.1) is 0 Å². The Hall–Kier alpha value is -0.810. The van der Waals surface area contributed by atoms with Crippen molar-refractivity contribution >= 4 is 21.8 Å². The van der Waals surface area contributed by atoms with Gasteiger partial charge in [-0.15, -0.1) is 0 Å². The first-order chi connectivity index (χ1) is 6.18. The van der Waals surface area contributed by atoms with Crippen LogP contribution >= 0.6 is 15.9 Å². The lowest BCUT2D eigenvalue weighted by Crippen LogP contribution is -2.53. The molecule has 1 aliphatic heterocycles. The number of aliphatic hydroxyl groups excluding tert-OH is 1. The average Bonchev–Trinajstić information content (AvgIpc) is 2.44. The van der Waals surface area contributed by atoms with E-state index in [0.717, 1.165) is 0 Å². The number of hydrogen-bond donors (Lipinski definition) is 1. The second kappa shape index (κ2) is 3.16. The summed E-state index contributed by atoms with van der Waals surface area (Å²) in [5, 5.41) is 9.00. The van der Waals surface area contributed by atoms with Crippen molar-refractivity contribution in [2.24, 2.45) is 0 Å². The maximum atomic E-state index is 11.5. The smallest absolute Gasteiger partial charge is 0.290 e. The van der Waals surface area contributed by atoms with Crippen molar-refractivity contribution in [2.45, 2.75) is 6.10 Å². The number of amides is 1. The molecule has 0 atom stereocenters. The van der Waals surface area contributed by atoms with Gasteiger partial charge in [0.1, 0.15) is 0 Å². The largest absolute Gasteiger partial charge is 0.458 e. The zero-order chi connectivity index (χ0) is 9.42. The normalized spacial score (nSPS) is 17.2. The highest BCUT2D eigenvalue weighted by Crippen LogP contribution is 2.21. The molecule has 1 aromatic heterocycles. The van der Waals surface area contributed by atoms with Crippen LogP contribution in [0.15, 0.2) is 21.2 Å². The van der Waals surface area contributed by atoms with E-state index in [-0.39, 0.29) is 12.0 Å². The molecule has 2 heterocycles. The molecular formula is C8H8BrNO3. The Labute approximate surface area is 83.3 Å². The molecule has 70 valence electrons. The summed E-state index contributed by atoms with van der Waals surface area (Å²) in [7, 11) is 0. The first-order valence-corrected chi connectivity index (χ1v) is 4.68. The molecule has 5 heteroatoms. The van der Waals surface area contributed by atoms with Gasteiger partial charge in [0.2, 0.25) is 5.76 Å². The lowest BCUT2D eigenvalue weighted by Gasteiger charge is -2.35. The minimum atomic E-state index is -0.377. The minimum Gasteiger partial charge on any atom is -0.458 e. The van der Waals surface area contributed by atoms with Gasteiger partial charge in [0.15, 0.2) is 0 Å². The van der Waals surface area contributed by atoms with Gasteiger partial charge >= 0.3 is 0 Å². The van der Waals surface area contributed by atoms with Gasteiger partial charge in [0, 0.05) is 13.1 Å². The van der Waals surface area contributed by atoms with E-state index in [4.69, 9.17) is 9.52 Å². The third-order valence-corrected chi connectivity index (χ3v) is 2.59. The number of halogens is 1. The summed E-state index contributed by atoms with van der Waals surface area (Å²) in [6.45, 7) is 0.790. The Balaban J connectivity index is 2.10. The fraction of sp³-hybridized carbons (Fsp3) is 0.375. The van der Waals surface area contributed by atoms with E-state index in [9.17, 15) is 4.79 Å². The maximum Gasteiger partial charge on any atom is 0.290 e. The molecule has 1 fully saturated rings. The minimum absolute atomic E-state index is 0.179. The van der Waals surface area contributed by atoms with E-state index in [1.54, 1.807) is 6.07 Å². The molecule has 0 spiro atoms. The highest BCUT2D eigenvalue weighted by molar-refractivity contribution is 9.10. The molecule has 0 bridgehead atoms. The van der Waals surface area contributed by atoms with Crippen LogP contribution in [0.2, 0.25) is 0 Å². The summed E-state index contributed by atoms with van der Waals surface area (Å²) in [4.78, 5) is 13.1. The summed E-state index contributed by atoms with van der Waals surface area (Å²) in [6.07, 6.45) is 1.07. The second-order valence-corrected chi connectivity index (χ2v) is 3.82. The van der Waals surface area contributed by atoms with Crippen molar-refractivity contribution in [1.82, 2.24) is 4.90 Å². The third-order valence-electron chi connectivity index (χ3n) is 1.96. The van der Waals surface area contributed by atoms with Crippen LogP contribution in [-0.4, -0.2) is 35.1 Å². The van der Waals surface area contributed by atoms with Crippen molar-refractivity contribution < 1.29 is 14.3 Å². The van der Waals surface area contributed by atoms with Gasteiger partial charge in [-0.3, -0.25) is 4.79 Å². The van der Waals surface area contributed by atoms with Crippen molar-refractivity contribution in [3.63, 3.8) is 0 Å². The van der Waals surface area contributed by atoms with Gasteiger partial charge in [-0.05, 0) is 22.0 Å². The second-order valence-electron chi connectivity index (χ2n) is 2.96. The molecule has 1 aliphatic rings. The molecule has 2 rings (SSSR count). The molecule has 1 amide bonds. The molecule has 0 aliphatic carbocycles. The number of carbonyl (C=O) groups is 1. The molecule has 1 N–H and O–H groups in total. The molecule has 0 saturated carbocycles. The fourth-order valence-electron chi connectivity index (χ4n) is 1.21. The summed E-state index contributed by atoms with van der Waals surface area (Å²) in [5.41, 5.74) is 0. The van der Waals surface area contributed by atoms with Gasteiger partial charge in [0.05, 0.1) is 16.8 Å². The van der Waals surface area contributed by atoms with Gasteiger partial charge in [-0.25, -0.2) is 0 Å². The van der Waals surface area contributed by atoms with Crippen molar-refractivity contribution in [1.29, 1.82) is 0 Å². The monoisotopic (exact) mass is 245 g/mol. The van der Waals surface area contributed by atoms with Crippen LogP contribution < -0.4 is 0 Å². The van der Waals surface area contributed by atoms with Crippen LogP contribution in [0.1, 0.15) is 10.6 Å². The Morgan fingerprint density at radius 2 is 2.38 bits per heavy atom. The van der Waals surface area contributed by atoms with Gasteiger partial charge in [-0.2, -0.15) is 0 Å². The van der Waals surface area contributed by atoms with Crippen LogP contribution in [0.25, 0.3) is 0 Å². The molecule has 1 aromatic rings. The van der Waals surface area contributed by atoms with Gasteiger partial charge < -0.3 is 14.4 Å². The molecule has 13 heavy (non-hydrogen) atoms. The van der Waals surface area contributed by atoms with E-state index < -0.39 is 0 Å². The van der Waals surface area contributed by atoms with Crippen molar-refractivity contribution in [3.05, 3.63) is 22.6 Å². The van der Waals surface area contributed by atoms with E-state index in [0.29, 0.717) is 23.3 Å². The number of β-amino-alcohol motifs (C(OH)–C–C–N with tert-alkyl or cyclic N) is 1. The summed E-state index contributed by atoms with van der Waals surface area (Å²) >= 11 is 3.20. The number of nitrogens with zero attached hydrogens (tertiary/aromatic N) is 1. The predicted octanol–water partition coefficient (Wildman–Crippen LogP) is 0.859. The maximum absolute atomic E-state index is 11.5. The van der Waals surface area contributed by atoms with E-state index in [2.05, 4.69) is 15.9 Å². The quantitative estimate of drug-likeness (QED) is 0.799. The first-order valence-electron chi connectivity index (χ1n) is 3.89. The lowest BCUT2D eigenvalue weighted by atomic mass is 10.1. The predicted molar refractivity (Wildman–Crippen MR) is 48.3 cm³/mol. The zero-order valence-electron chi connectivity index (χ0n) is 6.74. The third kappa shape index (κ3) is 1.49. The highest BCUT2D eigenvalue weighted by atomic mass is 79.9. The first kappa shape index (κ1) is 8.77. The number of rotatable bonds is 1. The molecule has 1 saturated heterocycles. The van der Waals surface area contributed by atoms with E-state index in [1.165, 1.54) is 11.2 Å². The van der Waals surface area contributed by atoms with E-state index >= 15 is 0 Å². The number of aliphatic hydroxyl groups is 1. The molecule has 0 aromatic carbocycles.